The van der Waals surface area contributed by atoms with E-state index < -0.39 is 0 Å². The Morgan fingerprint density at radius 3 is 3.11 bits per heavy atom. The summed E-state index contributed by atoms with van der Waals surface area (Å²) in [7, 11) is 0. The summed E-state index contributed by atoms with van der Waals surface area (Å²) in [4.78, 5) is 11.3. The molecule has 1 aromatic carbocycles. The standard InChI is InChI=1S/C13H17ClN2O2/c1-2-16-12(17)8-15-7-10-6-11(14)5-9-3-4-18-13(9)10/h5-6,15H,2-4,7-8H2,1H3,(H,16,17). The third-order valence-electron chi connectivity index (χ3n) is 2.80. The highest BCUT2D eigenvalue weighted by molar-refractivity contribution is 6.30. The number of likely N-dealkylation sites (N-methyl/N-ethyl adjacent to an activating group) is 1. The second-order valence-electron chi connectivity index (χ2n) is 4.21. The Hall–Kier alpha value is -1.26. The first kappa shape index (κ1) is 13.2. The fourth-order valence-corrected chi connectivity index (χ4v) is 2.31. The average molecular weight is 269 g/mol. The van der Waals surface area contributed by atoms with E-state index in [-0.39, 0.29) is 5.91 Å². The Morgan fingerprint density at radius 1 is 1.50 bits per heavy atom. The third kappa shape index (κ3) is 3.15. The van der Waals surface area contributed by atoms with E-state index in [1.807, 2.05) is 19.1 Å². The minimum absolute atomic E-state index is 0.00269. The predicted molar refractivity (Wildman–Crippen MR) is 71.0 cm³/mol. The molecule has 1 heterocycles. The van der Waals surface area contributed by atoms with Crippen molar-refractivity contribution in [1.29, 1.82) is 0 Å². The number of hydrogen-bond acceptors (Lipinski definition) is 3. The number of carbonyl (C=O) groups is 1. The number of ether oxygens (including phenoxy) is 1. The van der Waals surface area contributed by atoms with Crippen molar-refractivity contribution in [1.82, 2.24) is 10.6 Å². The SMILES string of the molecule is CCNC(=O)CNCc1cc(Cl)cc2c1OCC2. The van der Waals surface area contributed by atoms with Crippen molar-refractivity contribution >= 4 is 17.5 Å². The first-order valence-electron chi connectivity index (χ1n) is 6.12. The number of amides is 1. The minimum Gasteiger partial charge on any atom is -0.493 e. The number of nitrogens with one attached hydrogen (secondary N) is 2. The smallest absolute Gasteiger partial charge is 0.233 e. The van der Waals surface area contributed by atoms with E-state index >= 15 is 0 Å². The van der Waals surface area contributed by atoms with Crippen molar-refractivity contribution in [2.75, 3.05) is 19.7 Å². The van der Waals surface area contributed by atoms with Gasteiger partial charge in [0.25, 0.3) is 0 Å². The van der Waals surface area contributed by atoms with Crippen LogP contribution in [0, 0.1) is 0 Å². The van der Waals surface area contributed by atoms with E-state index in [2.05, 4.69) is 10.6 Å². The zero-order valence-electron chi connectivity index (χ0n) is 10.4. The first-order chi connectivity index (χ1) is 8.70. The summed E-state index contributed by atoms with van der Waals surface area (Å²) in [6.07, 6.45) is 0.902. The summed E-state index contributed by atoms with van der Waals surface area (Å²) in [6.45, 7) is 4.14. The molecule has 0 radical (unpaired) electrons. The molecule has 0 spiro atoms. The Balaban J connectivity index is 1.95. The maximum atomic E-state index is 11.3. The highest BCUT2D eigenvalue weighted by Gasteiger charge is 2.17. The summed E-state index contributed by atoms with van der Waals surface area (Å²) < 4.78 is 5.59. The molecule has 0 aromatic heterocycles. The van der Waals surface area contributed by atoms with Crippen LogP contribution in [0.3, 0.4) is 0 Å². The number of hydrogen-bond donors (Lipinski definition) is 2. The lowest BCUT2D eigenvalue weighted by atomic mass is 10.1. The van der Waals surface area contributed by atoms with Crippen molar-refractivity contribution in [3.8, 4) is 5.75 Å². The number of rotatable bonds is 5. The lowest BCUT2D eigenvalue weighted by Gasteiger charge is -2.10. The van der Waals surface area contributed by atoms with Gasteiger partial charge in [-0.1, -0.05) is 11.6 Å². The number of halogens is 1. The van der Waals surface area contributed by atoms with Gasteiger partial charge in [-0.2, -0.15) is 0 Å². The van der Waals surface area contributed by atoms with Crippen molar-refractivity contribution in [3.63, 3.8) is 0 Å². The molecule has 1 amide bonds. The highest BCUT2D eigenvalue weighted by Crippen LogP contribution is 2.32. The van der Waals surface area contributed by atoms with Gasteiger partial charge in [0.2, 0.25) is 5.91 Å². The highest BCUT2D eigenvalue weighted by atomic mass is 35.5. The van der Waals surface area contributed by atoms with Crippen molar-refractivity contribution in [2.45, 2.75) is 19.9 Å². The zero-order chi connectivity index (χ0) is 13.0. The molecule has 98 valence electrons. The van der Waals surface area contributed by atoms with Crippen molar-refractivity contribution in [3.05, 3.63) is 28.3 Å². The molecule has 0 aliphatic carbocycles. The summed E-state index contributed by atoms with van der Waals surface area (Å²) in [6, 6.07) is 3.83. The molecule has 4 nitrogen and oxygen atoms in total. The van der Waals surface area contributed by atoms with E-state index in [1.165, 1.54) is 0 Å². The first-order valence-corrected chi connectivity index (χ1v) is 6.50. The summed E-state index contributed by atoms with van der Waals surface area (Å²) in [5.41, 5.74) is 2.16. The van der Waals surface area contributed by atoms with E-state index in [1.54, 1.807) is 0 Å². The van der Waals surface area contributed by atoms with Gasteiger partial charge in [0.05, 0.1) is 13.2 Å². The van der Waals surface area contributed by atoms with Crippen LogP contribution in [0.25, 0.3) is 0 Å². The predicted octanol–water partition coefficient (Wildman–Crippen LogP) is 1.50. The topological polar surface area (TPSA) is 50.4 Å². The van der Waals surface area contributed by atoms with E-state index in [9.17, 15) is 4.79 Å². The van der Waals surface area contributed by atoms with Crippen LogP contribution in [0.15, 0.2) is 12.1 Å². The van der Waals surface area contributed by atoms with Gasteiger partial charge in [0.15, 0.2) is 0 Å². The van der Waals surface area contributed by atoms with Gasteiger partial charge >= 0.3 is 0 Å². The molecule has 5 heteroatoms. The van der Waals surface area contributed by atoms with Crippen LogP contribution in [0.5, 0.6) is 5.75 Å². The molecule has 0 atom stereocenters. The Bertz CT molecular complexity index is 449. The van der Waals surface area contributed by atoms with Gasteiger partial charge < -0.3 is 15.4 Å². The van der Waals surface area contributed by atoms with Crippen LogP contribution in [0.4, 0.5) is 0 Å². The minimum atomic E-state index is -0.00269. The van der Waals surface area contributed by atoms with Gasteiger partial charge in [-0.05, 0) is 24.6 Å². The Morgan fingerprint density at radius 2 is 2.33 bits per heavy atom. The lowest BCUT2D eigenvalue weighted by molar-refractivity contribution is -0.120. The number of benzene rings is 1. The second kappa shape index (κ2) is 6.07. The number of fused-ring (bicyclic) bond motifs is 1. The molecule has 0 bridgehead atoms. The van der Waals surface area contributed by atoms with Crippen LogP contribution in [0.2, 0.25) is 5.02 Å². The van der Waals surface area contributed by atoms with Gasteiger partial charge in [-0.3, -0.25) is 4.79 Å². The molecule has 0 saturated carbocycles. The Kier molecular flexibility index (Phi) is 4.44. The molecular formula is C13H17ClN2O2. The fraction of sp³-hybridized carbons (Fsp3) is 0.462. The van der Waals surface area contributed by atoms with E-state index in [0.29, 0.717) is 31.3 Å². The fourth-order valence-electron chi connectivity index (χ4n) is 2.05. The van der Waals surface area contributed by atoms with Crippen LogP contribution in [-0.4, -0.2) is 25.6 Å². The average Bonchev–Trinajstić information content (AvgIpc) is 2.77. The molecule has 2 N–H and O–H groups in total. The van der Waals surface area contributed by atoms with Gasteiger partial charge in [-0.15, -0.1) is 0 Å². The van der Waals surface area contributed by atoms with E-state index in [4.69, 9.17) is 16.3 Å². The van der Waals surface area contributed by atoms with Crippen molar-refractivity contribution in [2.24, 2.45) is 0 Å². The second-order valence-corrected chi connectivity index (χ2v) is 4.65. The summed E-state index contributed by atoms with van der Waals surface area (Å²) in [5, 5.41) is 6.55. The molecule has 1 aliphatic heterocycles. The molecular weight excluding hydrogens is 252 g/mol. The molecule has 1 aromatic rings. The Labute approximate surface area is 112 Å². The largest absolute Gasteiger partial charge is 0.493 e. The van der Waals surface area contributed by atoms with Gasteiger partial charge in [0.1, 0.15) is 5.75 Å². The molecule has 18 heavy (non-hydrogen) atoms. The van der Waals surface area contributed by atoms with Gasteiger partial charge in [-0.25, -0.2) is 0 Å². The summed E-state index contributed by atoms with van der Waals surface area (Å²) >= 11 is 6.06. The molecule has 1 aliphatic rings. The molecule has 0 unspecified atom stereocenters. The van der Waals surface area contributed by atoms with Crippen LogP contribution >= 0.6 is 11.6 Å². The van der Waals surface area contributed by atoms with Crippen molar-refractivity contribution < 1.29 is 9.53 Å². The summed E-state index contributed by atoms with van der Waals surface area (Å²) in [5.74, 6) is 0.917. The monoisotopic (exact) mass is 268 g/mol. The van der Waals surface area contributed by atoms with Crippen LogP contribution in [0.1, 0.15) is 18.1 Å². The van der Waals surface area contributed by atoms with E-state index in [0.717, 1.165) is 23.3 Å². The normalized spacial score (nSPS) is 13.0. The lowest BCUT2D eigenvalue weighted by Crippen LogP contribution is -2.33. The maximum absolute atomic E-state index is 11.3. The van der Waals surface area contributed by atoms with Crippen LogP contribution in [-0.2, 0) is 17.8 Å². The molecule has 0 fully saturated rings. The van der Waals surface area contributed by atoms with Gasteiger partial charge in [0, 0.05) is 30.1 Å². The molecule has 0 saturated heterocycles. The maximum Gasteiger partial charge on any atom is 0.233 e. The quantitative estimate of drug-likeness (QED) is 0.851. The zero-order valence-corrected chi connectivity index (χ0v) is 11.1. The number of carbonyl (C=O) groups excluding carboxylic acids is 1. The van der Waals surface area contributed by atoms with Crippen LogP contribution < -0.4 is 15.4 Å². The molecule has 2 rings (SSSR count). The third-order valence-corrected chi connectivity index (χ3v) is 3.02.